The maximum atomic E-state index is 3.55. The molecule has 1 heterocycles. The predicted octanol–water partition coefficient (Wildman–Crippen LogP) is 3.28. The molecule has 0 radical (unpaired) electrons. The van der Waals surface area contributed by atoms with Crippen LogP contribution in [0.3, 0.4) is 0 Å². The second-order valence-electron chi connectivity index (χ2n) is 6.06. The molecule has 0 spiro atoms. The Hall–Kier alpha value is -0.0800. The fourth-order valence-corrected chi connectivity index (χ4v) is 2.88. The van der Waals surface area contributed by atoms with Crippen LogP contribution in [0, 0.1) is 5.92 Å². The van der Waals surface area contributed by atoms with Gasteiger partial charge in [0.1, 0.15) is 0 Å². The molecule has 0 aliphatic carbocycles. The average Bonchev–Trinajstić information content (AvgIpc) is 2.34. The second-order valence-corrected chi connectivity index (χ2v) is 6.06. The molecule has 2 heteroatoms. The van der Waals surface area contributed by atoms with E-state index in [2.05, 4.69) is 37.9 Å². The van der Waals surface area contributed by atoms with Crippen molar-refractivity contribution in [2.45, 2.75) is 71.9 Å². The molecule has 17 heavy (non-hydrogen) atoms. The maximum Gasteiger partial charge on any atom is 0.0223 e. The van der Waals surface area contributed by atoms with Crippen LogP contribution in [-0.4, -0.2) is 36.6 Å². The van der Waals surface area contributed by atoms with E-state index in [-0.39, 0.29) is 0 Å². The van der Waals surface area contributed by atoms with Crippen LogP contribution in [0.1, 0.15) is 59.8 Å². The zero-order valence-corrected chi connectivity index (χ0v) is 12.3. The van der Waals surface area contributed by atoms with E-state index in [1.54, 1.807) is 0 Å². The van der Waals surface area contributed by atoms with E-state index in [1.165, 1.54) is 51.7 Å². The summed E-state index contributed by atoms with van der Waals surface area (Å²) in [6, 6.07) is 1.54. The molecule has 0 bridgehead atoms. The molecule has 0 aromatic heterocycles. The molecule has 1 fully saturated rings. The average molecular weight is 240 g/mol. The van der Waals surface area contributed by atoms with E-state index in [4.69, 9.17) is 0 Å². The first-order valence-electron chi connectivity index (χ1n) is 7.61. The minimum atomic E-state index is 0.752. The van der Waals surface area contributed by atoms with Crippen molar-refractivity contribution in [1.82, 2.24) is 10.2 Å². The fraction of sp³-hybridized carbons (Fsp3) is 1.00. The van der Waals surface area contributed by atoms with Gasteiger partial charge in [-0.2, -0.15) is 0 Å². The number of nitrogens with one attached hydrogen (secondary N) is 1. The molecule has 2 unspecified atom stereocenters. The summed E-state index contributed by atoms with van der Waals surface area (Å²) in [5, 5.41) is 3.55. The predicted molar refractivity (Wildman–Crippen MR) is 76.4 cm³/mol. The quantitative estimate of drug-likeness (QED) is 0.735. The largest absolute Gasteiger partial charge is 0.315 e. The molecular weight excluding hydrogens is 208 g/mol. The number of rotatable bonds is 7. The first-order valence-corrected chi connectivity index (χ1v) is 7.61. The standard InChI is InChI=1S/C15H32N2/c1-5-11-17(14(4)9-8-13(2)3)15-7-6-10-16-12-15/h13-16H,5-12H2,1-4H3. The molecule has 0 saturated carbocycles. The molecule has 0 aromatic rings. The van der Waals surface area contributed by atoms with E-state index in [0.29, 0.717) is 0 Å². The van der Waals surface area contributed by atoms with Gasteiger partial charge in [-0.15, -0.1) is 0 Å². The van der Waals surface area contributed by atoms with Gasteiger partial charge in [0.25, 0.3) is 0 Å². The number of piperidine rings is 1. The summed E-state index contributed by atoms with van der Waals surface area (Å²) in [6.07, 6.45) is 6.74. The topological polar surface area (TPSA) is 15.3 Å². The van der Waals surface area contributed by atoms with Crippen molar-refractivity contribution in [1.29, 1.82) is 0 Å². The molecule has 2 nitrogen and oxygen atoms in total. The molecule has 1 saturated heterocycles. The van der Waals surface area contributed by atoms with Crippen LogP contribution in [0.4, 0.5) is 0 Å². The Morgan fingerprint density at radius 1 is 1.24 bits per heavy atom. The Morgan fingerprint density at radius 3 is 2.53 bits per heavy atom. The lowest BCUT2D eigenvalue weighted by atomic mass is 9.99. The van der Waals surface area contributed by atoms with E-state index in [0.717, 1.165) is 18.0 Å². The number of hydrogen-bond acceptors (Lipinski definition) is 2. The minimum Gasteiger partial charge on any atom is -0.315 e. The third-order valence-electron chi connectivity index (χ3n) is 3.95. The zero-order valence-electron chi connectivity index (χ0n) is 12.3. The van der Waals surface area contributed by atoms with E-state index in [1.807, 2.05) is 0 Å². The molecule has 2 atom stereocenters. The SMILES string of the molecule is CCCN(C(C)CCC(C)C)C1CCCNC1. The van der Waals surface area contributed by atoms with Crippen molar-refractivity contribution in [3.8, 4) is 0 Å². The van der Waals surface area contributed by atoms with Gasteiger partial charge in [-0.05, 0) is 58.0 Å². The van der Waals surface area contributed by atoms with Gasteiger partial charge in [0.05, 0.1) is 0 Å². The van der Waals surface area contributed by atoms with Crippen LogP contribution in [-0.2, 0) is 0 Å². The summed E-state index contributed by atoms with van der Waals surface area (Å²) in [7, 11) is 0. The third kappa shape index (κ3) is 5.39. The van der Waals surface area contributed by atoms with Gasteiger partial charge >= 0.3 is 0 Å². The lowest BCUT2D eigenvalue weighted by Crippen LogP contribution is -2.50. The van der Waals surface area contributed by atoms with Gasteiger partial charge in [0.15, 0.2) is 0 Å². The van der Waals surface area contributed by atoms with Gasteiger partial charge in [-0.25, -0.2) is 0 Å². The highest BCUT2D eigenvalue weighted by Crippen LogP contribution is 2.18. The van der Waals surface area contributed by atoms with Crippen LogP contribution in [0.5, 0.6) is 0 Å². The van der Waals surface area contributed by atoms with E-state index in [9.17, 15) is 0 Å². The Morgan fingerprint density at radius 2 is 2.00 bits per heavy atom. The Labute approximate surface area is 108 Å². The molecule has 0 amide bonds. The molecule has 1 N–H and O–H groups in total. The fourth-order valence-electron chi connectivity index (χ4n) is 2.88. The van der Waals surface area contributed by atoms with Crippen molar-refractivity contribution in [2.75, 3.05) is 19.6 Å². The van der Waals surface area contributed by atoms with E-state index >= 15 is 0 Å². The van der Waals surface area contributed by atoms with Crippen LogP contribution >= 0.6 is 0 Å². The molecule has 0 aromatic carbocycles. The van der Waals surface area contributed by atoms with Gasteiger partial charge in [-0.1, -0.05) is 20.8 Å². The second kappa shape index (κ2) is 8.10. The smallest absolute Gasteiger partial charge is 0.0223 e. The Balaban J connectivity index is 2.44. The van der Waals surface area contributed by atoms with Crippen LogP contribution < -0.4 is 5.32 Å². The summed E-state index contributed by atoms with van der Waals surface area (Å²) < 4.78 is 0. The molecular formula is C15H32N2. The minimum absolute atomic E-state index is 0.752. The molecule has 1 aliphatic rings. The Kier molecular flexibility index (Phi) is 7.14. The van der Waals surface area contributed by atoms with Crippen molar-refractivity contribution in [2.24, 2.45) is 5.92 Å². The highest BCUT2D eigenvalue weighted by atomic mass is 15.2. The van der Waals surface area contributed by atoms with Gasteiger partial charge < -0.3 is 5.32 Å². The van der Waals surface area contributed by atoms with Gasteiger partial charge in [0.2, 0.25) is 0 Å². The van der Waals surface area contributed by atoms with Crippen LogP contribution in [0.25, 0.3) is 0 Å². The third-order valence-corrected chi connectivity index (χ3v) is 3.95. The first-order chi connectivity index (χ1) is 8.15. The van der Waals surface area contributed by atoms with Gasteiger partial charge in [-0.3, -0.25) is 4.90 Å². The lowest BCUT2D eigenvalue weighted by Gasteiger charge is -2.39. The molecule has 1 rings (SSSR count). The number of nitrogens with zero attached hydrogens (tertiary/aromatic N) is 1. The molecule has 1 aliphatic heterocycles. The highest BCUT2D eigenvalue weighted by molar-refractivity contribution is 4.81. The normalized spacial score (nSPS) is 23.3. The van der Waals surface area contributed by atoms with Crippen LogP contribution in [0.15, 0.2) is 0 Å². The van der Waals surface area contributed by atoms with E-state index < -0.39 is 0 Å². The van der Waals surface area contributed by atoms with Crippen LogP contribution in [0.2, 0.25) is 0 Å². The van der Waals surface area contributed by atoms with Crippen molar-refractivity contribution < 1.29 is 0 Å². The first kappa shape index (κ1) is 15.0. The summed E-state index contributed by atoms with van der Waals surface area (Å²) in [5.74, 6) is 0.838. The zero-order chi connectivity index (χ0) is 12.7. The van der Waals surface area contributed by atoms with Crippen molar-refractivity contribution in [3.05, 3.63) is 0 Å². The Bertz CT molecular complexity index is 185. The van der Waals surface area contributed by atoms with Crippen molar-refractivity contribution in [3.63, 3.8) is 0 Å². The van der Waals surface area contributed by atoms with Crippen molar-refractivity contribution >= 4 is 0 Å². The molecule has 102 valence electrons. The summed E-state index contributed by atoms with van der Waals surface area (Å²) in [4.78, 5) is 2.76. The lowest BCUT2D eigenvalue weighted by molar-refractivity contribution is 0.112. The van der Waals surface area contributed by atoms with Gasteiger partial charge in [0, 0.05) is 18.6 Å². The summed E-state index contributed by atoms with van der Waals surface area (Å²) >= 11 is 0. The maximum absolute atomic E-state index is 3.55. The number of hydrogen-bond donors (Lipinski definition) is 1. The monoisotopic (exact) mass is 240 g/mol. The summed E-state index contributed by atoms with van der Waals surface area (Å²) in [6.45, 7) is 13.1. The summed E-state index contributed by atoms with van der Waals surface area (Å²) in [5.41, 5.74) is 0. The highest BCUT2D eigenvalue weighted by Gasteiger charge is 2.24.